The van der Waals surface area contributed by atoms with E-state index in [1.165, 1.54) is 12.5 Å². The summed E-state index contributed by atoms with van der Waals surface area (Å²) in [6.45, 7) is 3.69. The summed E-state index contributed by atoms with van der Waals surface area (Å²) < 4.78 is 0. The number of nitrogens with one attached hydrogen (secondary N) is 2. The number of benzene rings is 1. The van der Waals surface area contributed by atoms with Crippen LogP contribution in [0.1, 0.15) is 42.1 Å². The molecule has 0 radical (unpaired) electrons. The maximum absolute atomic E-state index is 11.9. The molecule has 2 amide bonds. The van der Waals surface area contributed by atoms with Crippen LogP contribution in [-0.2, 0) is 0 Å². The van der Waals surface area contributed by atoms with Crippen LogP contribution < -0.4 is 10.6 Å². The highest BCUT2D eigenvalue weighted by Gasteiger charge is 2.25. The number of carbonyl (C=O) groups is 2. The molecule has 5 nitrogen and oxygen atoms in total. The predicted octanol–water partition coefficient (Wildman–Crippen LogP) is 3.00. The summed E-state index contributed by atoms with van der Waals surface area (Å²) >= 11 is 0. The normalized spacial score (nSPS) is 16.1. The van der Waals surface area contributed by atoms with Gasteiger partial charge in [-0.2, -0.15) is 0 Å². The molecule has 20 heavy (non-hydrogen) atoms. The quantitative estimate of drug-likeness (QED) is 0.791. The van der Waals surface area contributed by atoms with Gasteiger partial charge in [-0.15, -0.1) is 0 Å². The van der Waals surface area contributed by atoms with Gasteiger partial charge in [-0.25, -0.2) is 9.59 Å². The van der Waals surface area contributed by atoms with Crippen molar-refractivity contribution < 1.29 is 14.7 Å². The first-order valence-electron chi connectivity index (χ1n) is 6.89. The second-order valence-electron chi connectivity index (χ2n) is 5.36. The average Bonchev–Trinajstić information content (AvgIpc) is 2.28. The molecule has 1 saturated carbocycles. The lowest BCUT2D eigenvalue weighted by Gasteiger charge is -2.31. The predicted molar refractivity (Wildman–Crippen MR) is 77.1 cm³/mol. The van der Waals surface area contributed by atoms with Gasteiger partial charge in [-0.05, 0) is 50.3 Å². The highest BCUT2D eigenvalue weighted by molar-refractivity contribution is 5.95. The van der Waals surface area contributed by atoms with Crippen LogP contribution in [0.4, 0.5) is 10.5 Å². The van der Waals surface area contributed by atoms with Gasteiger partial charge in [0.15, 0.2) is 0 Å². The second kappa shape index (κ2) is 5.94. The van der Waals surface area contributed by atoms with Gasteiger partial charge < -0.3 is 15.7 Å². The fourth-order valence-electron chi connectivity index (χ4n) is 2.43. The Bertz CT molecular complexity index is 524. The summed E-state index contributed by atoms with van der Waals surface area (Å²) in [6, 6.07) is 4.72. The van der Waals surface area contributed by atoms with E-state index in [0.717, 1.165) is 12.8 Å². The zero-order valence-electron chi connectivity index (χ0n) is 11.8. The monoisotopic (exact) mass is 276 g/mol. The number of aromatic carboxylic acids is 1. The number of rotatable bonds is 4. The summed E-state index contributed by atoms with van der Waals surface area (Å²) in [7, 11) is 0. The molecule has 0 spiro atoms. The average molecular weight is 276 g/mol. The van der Waals surface area contributed by atoms with Crippen molar-refractivity contribution in [2.45, 2.75) is 39.2 Å². The third-order valence-corrected chi connectivity index (χ3v) is 4.03. The fraction of sp³-hybridized carbons (Fsp3) is 0.467. The van der Waals surface area contributed by atoms with Gasteiger partial charge in [0.2, 0.25) is 0 Å². The van der Waals surface area contributed by atoms with E-state index in [2.05, 4.69) is 10.6 Å². The lowest BCUT2D eigenvalue weighted by molar-refractivity contribution is 0.0696. The number of carboxylic acids is 1. The molecule has 0 aliphatic heterocycles. The topological polar surface area (TPSA) is 78.4 Å². The highest BCUT2D eigenvalue weighted by atomic mass is 16.4. The maximum Gasteiger partial charge on any atom is 0.336 e. The molecule has 1 atom stereocenters. The minimum Gasteiger partial charge on any atom is -0.478 e. The summed E-state index contributed by atoms with van der Waals surface area (Å²) in [6.07, 6.45) is 3.56. The molecule has 1 aromatic carbocycles. The SMILES string of the molecule is Cc1c(NC(=O)NC(C)C2CCC2)cccc1C(=O)O. The van der Waals surface area contributed by atoms with E-state index in [1.807, 2.05) is 6.92 Å². The first-order valence-corrected chi connectivity index (χ1v) is 6.89. The Balaban J connectivity index is 2.00. The minimum atomic E-state index is -0.991. The number of hydrogen-bond donors (Lipinski definition) is 3. The van der Waals surface area contributed by atoms with E-state index in [4.69, 9.17) is 5.11 Å². The van der Waals surface area contributed by atoms with Crippen molar-refractivity contribution >= 4 is 17.7 Å². The van der Waals surface area contributed by atoms with E-state index in [1.54, 1.807) is 19.1 Å². The van der Waals surface area contributed by atoms with Crippen molar-refractivity contribution in [3.05, 3.63) is 29.3 Å². The smallest absolute Gasteiger partial charge is 0.336 e. The Hall–Kier alpha value is -2.04. The molecular weight excluding hydrogens is 256 g/mol. The number of urea groups is 1. The zero-order chi connectivity index (χ0) is 14.7. The molecule has 0 aromatic heterocycles. The van der Waals surface area contributed by atoms with Crippen molar-refractivity contribution in [2.75, 3.05) is 5.32 Å². The molecule has 2 rings (SSSR count). The summed E-state index contributed by atoms with van der Waals surface area (Å²) in [5, 5.41) is 14.7. The van der Waals surface area contributed by atoms with E-state index in [9.17, 15) is 9.59 Å². The Morgan fingerprint density at radius 1 is 1.35 bits per heavy atom. The van der Waals surface area contributed by atoms with Crippen LogP contribution in [0.15, 0.2) is 18.2 Å². The molecule has 0 saturated heterocycles. The van der Waals surface area contributed by atoms with Crippen molar-refractivity contribution in [1.29, 1.82) is 0 Å². The van der Waals surface area contributed by atoms with Gasteiger partial charge in [0.05, 0.1) is 5.56 Å². The maximum atomic E-state index is 11.9. The van der Waals surface area contributed by atoms with Crippen LogP contribution in [0.2, 0.25) is 0 Å². The van der Waals surface area contributed by atoms with Crippen LogP contribution in [0.25, 0.3) is 0 Å². The highest BCUT2D eigenvalue weighted by Crippen LogP contribution is 2.29. The van der Waals surface area contributed by atoms with Gasteiger partial charge in [-0.3, -0.25) is 0 Å². The Morgan fingerprint density at radius 3 is 2.60 bits per heavy atom. The van der Waals surface area contributed by atoms with Crippen molar-refractivity contribution in [1.82, 2.24) is 5.32 Å². The Morgan fingerprint density at radius 2 is 2.05 bits per heavy atom. The van der Waals surface area contributed by atoms with Gasteiger partial charge in [0.25, 0.3) is 0 Å². The second-order valence-corrected chi connectivity index (χ2v) is 5.36. The molecule has 1 aliphatic carbocycles. The lowest BCUT2D eigenvalue weighted by atomic mass is 9.80. The molecule has 1 fully saturated rings. The first-order chi connectivity index (χ1) is 9.49. The number of carboxylic acid groups (broad SMARTS) is 1. The van der Waals surface area contributed by atoms with E-state index >= 15 is 0 Å². The lowest BCUT2D eigenvalue weighted by Crippen LogP contribution is -2.42. The first kappa shape index (κ1) is 14.4. The third-order valence-electron chi connectivity index (χ3n) is 4.03. The van der Waals surface area contributed by atoms with Crippen LogP contribution in [0.5, 0.6) is 0 Å². The molecule has 0 bridgehead atoms. The summed E-state index contributed by atoms with van der Waals surface area (Å²) in [5.74, 6) is -0.429. The van der Waals surface area contributed by atoms with Crippen molar-refractivity contribution in [3.8, 4) is 0 Å². The molecular formula is C15H20N2O3. The zero-order valence-corrected chi connectivity index (χ0v) is 11.8. The number of carbonyl (C=O) groups excluding carboxylic acids is 1. The van der Waals surface area contributed by atoms with E-state index in [-0.39, 0.29) is 17.6 Å². The van der Waals surface area contributed by atoms with Crippen molar-refractivity contribution in [3.63, 3.8) is 0 Å². The largest absolute Gasteiger partial charge is 0.478 e. The van der Waals surface area contributed by atoms with Crippen LogP contribution in [0.3, 0.4) is 0 Å². The van der Waals surface area contributed by atoms with Gasteiger partial charge in [-0.1, -0.05) is 12.5 Å². The van der Waals surface area contributed by atoms with Gasteiger partial charge in [0, 0.05) is 11.7 Å². The van der Waals surface area contributed by atoms with Crippen molar-refractivity contribution in [2.24, 2.45) is 5.92 Å². The number of hydrogen-bond acceptors (Lipinski definition) is 2. The fourth-order valence-corrected chi connectivity index (χ4v) is 2.43. The van der Waals surface area contributed by atoms with Gasteiger partial charge >= 0.3 is 12.0 Å². The van der Waals surface area contributed by atoms with Gasteiger partial charge in [0.1, 0.15) is 0 Å². The molecule has 108 valence electrons. The summed E-state index contributed by atoms with van der Waals surface area (Å²) in [4.78, 5) is 23.0. The standard InChI is InChI=1S/C15H20N2O3/c1-9-12(14(18)19)7-4-8-13(9)17-15(20)16-10(2)11-5-3-6-11/h4,7-8,10-11H,3,5-6H2,1-2H3,(H,18,19)(H2,16,17,20). The number of anilines is 1. The molecule has 3 N–H and O–H groups in total. The molecule has 1 aliphatic rings. The molecule has 0 heterocycles. The Labute approximate surface area is 118 Å². The van der Waals surface area contributed by atoms with Crippen LogP contribution in [0, 0.1) is 12.8 Å². The molecule has 5 heteroatoms. The van der Waals surface area contributed by atoms with E-state index < -0.39 is 5.97 Å². The summed E-state index contributed by atoms with van der Waals surface area (Å²) in [5.41, 5.74) is 1.30. The van der Waals surface area contributed by atoms with Crippen LogP contribution in [-0.4, -0.2) is 23.1 Å². The third kappa shape index (κ3) is 3.10. The number of amides is 2. The molecule has 1 unspecified atom stereocenters. The molecule has 1 aromatic rings. The Kier molecular flexibility index (Phi) is 4.27. The van der Waals surface area contributed by atoms with E-state index in [0.29, 0.717) is 17.2 Å². The minimum absolute atomic E-state index is 0.145. The van der Waals surface area contributed by atoms with Crippen LogP contribution >= 0.6 is 0 Å².